The predicted octanol–water partition coefficient (Wildman–Crippen LogP) is 4.71. The summed E-state index contributed by atoms with van der Waals surface area (Å²) in [5.74, 6) is -1.52. The van der Waals surface area contributed by atoms with Gasteiger partial charge in [-0.05, 0) is 73.2 Å². The summed E-state index contributed by atoms with van der Waals surface area (Å²) in [6.45, 7) is 2.38. The van der Waals surface area contributed by atoms with Crippen molar-refractivity contribution in [1.82, 2.24) is 5.43 Å². The molecule has 0 bridgehead atoms. The molecular weight excluding hydrogens is 509 g/mol. The molecule has 0 unspecified atom stereocenters. The monoisotopic (exact) mass is 529 g/mol. The van der Waals surface area contributed by atoms with Crippen LogP contribution in [-0.4, -0.2) is 37.7 Å². The molecule has 11 heteroatoms. The Balaban J connectivity index is 1.59. The minimum Gasteiger partial charge on any atom is -0.494 e. The van der Waals surface area contributed by atoms with Crippen molar-refractivity contribution in [3.05, 3.63) is 81.8 Å². The second-order valence-electron chi connectivity index (χ2n) is 7.03. The molecule has 0 aliphatic rings. The summed E-state index contributed by atoms with van der Waals surface area (Å²) in [4.78, 5) is 36.5. The number of esters is 1. The number of ether oxygens (including phenoxy) is 3. The van der Waals surface area contributed by atoms with Gasteiger partial charge in [-0.1, -0.05) is 23.2 Å². The van der Waals surface area contributed by atoms with Crippen LogP contribution in [0.2, 0.25) is 10.0 Å². The maximum Gasteiger partial charge on any atom is 0.345 e. The number of nitrogens with zero attached hydrogens (tertiary/aromatic N) is 1. The van der Waals surface area contributed by atoms with E-state index in [2.05, 4.69) is 15.8 Å². The summed E-state index contributed by atoms with van der Waals surface area (Å²) in [6.07, 6.45) is 1.30. The van der Waals surface area contributed by atoms with Crippen LogP contribution >= 0.6 is 23.2 Å². The second kappa shape index (κ2) is 12.6. The van der Waals surface area contributed by atoms with Crippen molar-refractivity contribution in [3.8, 4) is 17.2 Å². The topological polar surface area (TPSA) is 115 Å². The molecule has 3 aromatic carbocycles. The van der Waals surface area contributed by atoms with E-state index in [0.29, 0.717) is 28.6 Å². The Hall–Kier alpha value is -4.08. The summed E-state index contributed by atoms with van der Waals surface area (Å²) in [6, 6.07) is 15.6. The Morgan fingerprint density at radius 1 is 0.944 bits per heavy atom. The lowest BCUT2D eigenvalue weighted by Gasteiger charge is -2.10. The average molecular weight is 530 g/mol. The Kier molecular flexibility index (Phi) is 9.26. The highest BCUT2D eigenvalue weighted by Crippen LogP contribution is 2.30. The fourth-order valence-corrected chi connectivity index (χ4v) is 3.35. The number of rotatable bonds is 8. The van der Waals surface area contributed by atoms with Crippen LogP contribution in [0.4, 0.5) is 5.69 Å². The zero-order valence-electron chi connectivity index (χ0n) is 19.2. The van der Waals surface area contributed by atoms with Crippen molar-refractivity contribution in [2.24, 2.45) is 5.10 Å². The molecule has 0 spiro atoms. The third-order valence-corrected chi connectivity index (χ3v) is 5.10. The molecule has 0 heterocycles. The number of hydrogen-bond donors (Lipinski definition) is 2. The van der Waals surface area contributed by atoms with Gasteiger partial charge >= 0.3 is 17.8 Å². The lowest BCUT2D eigenvalue weighted by atomic mass is 10.2. The van der Waals surface area contributed by atoms with Crippen LogP contribution in [0, 0.1) is 0 Å². The van der Waals surface area contributed by atoms with Crippen molar-refractivity contribution in [3.63, 3.8) is 0 Å². The van der Waals surface area contributed by atoms with Gasteiger partial charge in [0.1, 0.15) is 5.75 Å². The molecule has 2 N–H and O–H groups in total. The van der Waals surface area contributed by atoms with Gasteiger partial charge in [0.25, 0.3) is 0 Å². The molecule has 0 atom stereocenters. The number of carbonyl (C=O) groups excluding carboxylic acids is 3. The number of halogens is 2. The molecule has 3 rings (SSSR count). The molecule has 0 saturated carbocycles. The van der Waals surface area contributed by atoms with Crippen molar-refractivity contribution >= 4 is 52.9 Å². The lowest BCUT2D eigenvalue weighted by molar-refractivity contribution is -0.136. The normalized spacial score (nSPS) is 10.6. The van der Waals surface area contributed by atoms with E-state index in [1.165, 1.54) is 43.7 Å². The number of hydrogen-bond acceptors (Lipinski definition) is 7. The van der Waals surface area contributed by atoms with E-state index in [4.69, 9.17) is 37.4 Å². The molecule has 0 aromatic heterocycles. The number of nitrogens with one attached hydrogen (secondary N) is 2. The molecule has 2 amide bonds. The van der Waals surface area contributed by atoms with Gasteiger partial charge in [0.15, 0.2) is 11.5 Å². The van der Waals surface area contributed by atoms with Crippen molar-refractivity contribution < 1.29 is 28.6 Å². The third kappa shape index (κ3) is 7.21. The lowest BCUT2D eigenvalue weighted by Crippen LogP contribution is -2.32. The molecule has 0 aliphatic carbocycles. The quantitative estimate of drug-likeness (QED) is 0.143. The van der Waals surface area contributed by atoms with Gasteiger partial charge in [0.2, 0.25) is 0 Å². The van der Waals surface area contributed by atoms with Crippen LogP contribution in [0.15, 0.2) is 65.8 Å². The average Bonchev–Trinajstić information content (AvgIpc) is 2.86. The highest BCUT2D eigenvalue weighted by molar-refractivity contribution is 6.39. The fourth-order valence-electron chi connectivity index (χ4n) is 2.86. The first-order valence-electron chi connectivity index (χ1n) is 10.5. The van der Waals surface area contributed by atoms with Crippen LogP contribution in [0.25, 0.3) is 0 Å². The molecule has 3 aromatic rings. The van der Waals surface area contributed by atoms with Crippen molar-refractivity contribution in [1.29, 1.82) is 0 Å². The highest BCUT2D eigenvalue weighted by Gasteiger charge is 2.16. The maximum absolute atomic E-state index is 12.5. The molecular formula is C25H21Cl2N3O6. The Bertz CT molecular complexity index is 1300. The summed E-state index contributed by atoms with van der Waals surface area (Å²) in [7, 11) is 1.40. The zero-order chi connectivity index (χ0) is 26.1. The van der Waals surface area contributed by atoms with Crippen LogP contribution in [0.3, 0.4) is 0 Å². The Morgan fingerprint density at radius 3 is 2.36 bits per heavy atom. The van der Waals surface area contributed by atoms with Crippen LogP contribution in [0.5, 0.6) is 17.2 Å². The van der Waals surface area contributed by atoms with Gasteiger partial charge in [0, 0.05) is 10.7 Å². The van der Waals surface area contributed by atoms with Gasteiger partial charge < -0.3 is 19.5 Å². The first-order valence-corrected chi connectivity index (χ1v) is 11.3. The summed E-state index contributed by atoms with van der Waals surface area (Å²) < 4.78 is 16.0. The van der Waals surface area contributed by atoms with Crippen LogP contribution < -0.4 is 25.0 Å². The van der Waals surface area contributed by atoms with Gasteiger partial charge in [-0.25, -0.2) is 10.2 Å². The van der Waals surface area contributed by atoms with Crippen LogP contribution in [0.1, 0.15) is 22.8 Å². The highest BCUT2D eigenvalue weighted by atomic mass is 35.5. The van der Waals surface area contributed by atoms with Gasteiger partial charge in [0.05, 0.1) is 30.5 Å². The SMILES string of the molecule is CCOc1ccc(NC(=O)C(=O)N/N=C\c2ccc(OC(=O)c3ccc(Cl)cc3Cl)c(OC)c2)cc1. The van der Waals surface area contributed by atoms with E-state index in [9.17, 15) is 14.4 Å². The minimum atomic E-state index is -0.961. The zero-order valence-corrected chi connectivity index (χ0v) is 20.7. The van der Waals surface area contributed by atoms with Gasteiger partial charge in [-0.3, -0.25) is 9.59 Å². The number of hydrazone groups is 1. The largest absolute Gasteiger partial charge is 0.494 e. The number of carbonyl (C=O) groups is 3. The van der Waals surface area contributed by atoms with Gasteiger partial charge in [-0.15, -0.1) is 0 Å². The summed E-state index contributed by atoms with van der Waals surface area (Å²) in [5.41, 5.74) is 3.21. The standard InChI is InChI=1S/C25H21Cl2N3O6/c1-3-35-18-8-6-17(7-9-18)29-23(31)24(32)30-28-14-15-4-11-21(22(12-15)34-2)36-25(33)19-10-5-16(26)13-20(19)27/h4-14H,3H2,1-2H3,(H,29,31)(H,30,32)/b28-14-. The molecule has 186 valence electrons. The van der Waals surface area contributed by atoms with E-state index in [-0.39, 0.29) is 22.1 Å². The smallest absolute Gasteiger partial charge is 0.345 e. The Labute approximate surface area is 216 Å². The van der Waals surface area contributed by atoms with E-state index in [1.54, 1.807) is 30.3 Å². The van der Waals surface area contributed by atoms with Crippen LogP contribution in [-0.2, 0) is 9.59 Å². The first-order chi connectivity index (χ1) is 17.3. The third-order valence-electron chi connectivity index (χ3n) is 4.55. The number of methoxy groups -OCH3 is 1. The summed E-state index contributed by atoms with van der Waals surface area (Å²) in [5, 5.41) is 6.77. The van der Waals surface area contributed by atoms with Gasteiger partial charge in [-0.2, -0.15) is 5.10 Å². The Morgan fingerprint density at radius 2 is 1.69 bits per heavy atom. The van der Waals surface area contributed by atoms with E-state index in [1.807, 2.05) is 6.92 Å². The number of anilines is 1. The molecule has 0 fully saturated rings. The predicted molar refractivity (Wildman–Crippen MR) is 136 cm³/mol. The van der Waals surface area contributed by atoms with Crippen molar-refractivity contribution in [2.75, 3.05) is 19.0 Å². The number of amides is 2. The first kappa shape index (κ1) is 26.5. The fraction of sp³-hybridized carbons (Fsp3) is 0.120. The van der Waals surface area contributed by atoms with Crippen molar-refractivity contribution in [2.45, 2.75) is 6.92 Å². The molecule has 9 nitrogen and oxygen atoms in total. The summed E-state index contributed by atoms with van der Waals surface area (Å²) >= 11 is 11.9. The molecule has 0 radical (unpaired) electrons. The number of benzene rings is 3. The maximum atomic E-state index is 12.5. The molecule has 36 heavy (non-hydrogen) atoms. The van der Waals surface area contributed by atoms with E-state index >= 15 is 0 Å². The second-order valence-corrected chi connectivity index (χ2v) is 7.88. The van der Waals surface area contributed by atoms with E-state index < -0.39 is 17.8 Å². The minimum absolute atomic E-state index is 0.139. The van der Waals surface area contributed by atoms with E-state index in [0.717, 1.165) is 0 Å². The molecule has 0 saturated heterocycles. The molecule has 0 aliphatic heterocycles.